The van der Waals surface area contributed by atoms with E-state index in [9.17, 15) is 27.4 Å². The van der Waals surface area contributed by atoms with Crippen molar-refractivity contribution in [3.05, 3.63) is 64.8 Å². The maximum Gasteiger partial charge on any atom is 0.344 e. The quantitative estimate of drug-likeness (QED) is 0.0464. The molecule has 0 fully saturated rings. The van der Waals surface area contributed by atoms with E-state index in [-0.39, 0.29) is 17.2 Å². The number of aromatic nitrogens is 1. The molecule has 2 aromatic heterocycles. The molecule has 0 atom stereocenters. The molecular formula is C39H53N3O8S. The molecular weight excluding hydrogens is 671 g/mol. The van der Waals surface area contributed by atoms with Crippen LogP contribution in [-0.4, -0.2) is 66.8 Å². The highest BCUT2D eigenvalue weighted by molar-refractivity contribution is 7.85. The summed E-state index contributed by atoms with van der Waals surface area (Å²) >= 11 is 0. The number of allylic oxidation sites excluding steroid dienone is 1. The zero-order chi connectivity index (χ0) is 37.4. The second-order valence-corrected chi connectivity index (χ2v) is 16.2. The van der Waals surface area contributed by atoms with Gasteiger partial charge in [-0.15, -0.1) is 0 Å². The predicted octanol–water partition coefficient (Wildman–Crippen LogP) is 6.22. The number of hydrogen-bond acceptors (Lipinski definition) is 9. The first-order valence-corrected chi connectivity index (χ1v) is 19.5. The van der Waals surface area contributed by atoms with Gasteiger partial charge in [-0.25, -0.2) is 17.8 Å². The van der Waals surface area contributed by atoms with Crippen molar-refractivity contribution < 1.29 is 36.3 Å². The number of anilines is 1. The number of benzene rings is 1. The molecule has 3 heterocycles. The highest BCUT2D eigenvalue weighted by Gasteiger charge is 2.32. The highest BCUT2D eigenvalue weighted by Crippen LogP contribution is 2.41. The van der Waals surface area contributed by atoms with E-state index in [1.165, 1.54) is 0 Å². The molecule has 11 nitrogen and oxygen atoms in total. The summed E-state index contributed by atoms with van der Waals surface area (Å²) in [5.74, 6) is -0.239. The number of hydrogen-bond donors (Lipinski definition) is 0. The lowest BCUT2D eigenvalue weighted by atomic mass is 9.87. The molecule has 0 spiro atoms. The van der Waals surface area contributed by atoms with E-state index >= 15 is 0 Å². The van der Waals surface area contributed by atoms with Crippen molar-refractivity contribution in [2.24, 2.45) is 0 Å². The van der Waals surface area contributed by atoms with Crippen LogP contribution in [0.15, 0.2) is 58.0 Å². The lowest BCUT2D eigenvalue weighted by Crippen LogP contribution is -2.46. The van der Waals surface area contributed by atoms with Gasteiger partial charge in [0.25, 0.3) is 6.47 Å². The van der Waals surface area contributed by atoms with Crippen LogP contribution in [0.1, 0.15) is 98.5 Å². The number of unbranched alkanes of at least 4 members (excludes halogenated alkanes) is 2. The molecule has 4 rings (SSSR count). The molecule has 278 valence electrons. The van der Waals surface area contributed by atoms with Crippen LogP contribution in [0.5, 0.6) is 0 Å². The summed E-state index contributed by atoms with van der Waals surface area (Å²) in [7, 11) is -4.22. The lowest BCUT2D eigenvalue weighted by Gasteiger charge is -2.43. The molecule has 1 aliphatic rings. The fraction of sp³-hybridized carbons (Fsp3) is 0.538. The fourth-order valence-corrected chi connectivity index (χ4v) is 7.44. The Balaban J connectivity index is 1.46. The number of rotatable bonds is 19. The van der Waals surface area contributed by atoms with E-state index in [0.717, 1.165) is 47.9 Å². The van der Waals surface area contributed by atoms with Gasteiger partial charge < -0.3 is 23.5 Å². The average molecular weight is 724 g/mol. The smallest absolute Gasteiger partial charge is 0.344 e. The summed E-state index contributed by atoms with van der Waals surface area (Å²) in [5, 5.41) is 0.804. The molecule has 0 unspecified atom stereocenters. The standard InChI is InChI=1S/C39H53N3O8S/c1-7-17-41(19-9-8-16-39(5,6)49-28-43)36(44)13-12-20-42-34-26-35-31(24-32(34)29(2)27-38(42,3)4)25-33(37(45)50-35)30-14-21-40(22-15-30)18-10-11-23-51(46,47)48/h14-15,21-22,24-28H,7-13,16-20,23H2,1-6H3. The monoisotopic (exact) mass is 723 g/mol. The number of amides is 1. The predicted molar refractivity (Wildman–Crippen MR) is 198 cm³/mol. The highest BCUT2D eigenvalue weighted by atomic mass is 32.2. The van der Waals surface area contributed by atoms with Crippen molar-refractivity contribution in [3.63, 3.8) is 0 Å². The van der Waals surface area contributed by atoms with Crippen LogP contribution in [0.2, 0.25) is 0 Å². The van der Waals surface area contributed by atoms with Crippen LogP contribution < -0.4 is 15.1 Å². The third-order valence-electron chi connectivity index (χ3n) is 9.54. The van der Waals surface area contributed by atoms with Crippen LogP contribution in [0.4, 0.5) is 5.69 Å². The van der Waals surface area contributed by atoms with Gasteiger partial charge in [-0.1, -0.05) is 13.0 Å². The minimum Gasteiger partial charge on any atom is -0.748 e. The van der Waals surface area contributed by atoms with Gasteiger partial charge >= 0.3 is 5.63 Å². The van der Waals surface area contributed by atoms with E-state index in [2.05, 4.69) is 44.7 Å². The SMILES string of the molecule is CCCN(CCCCC(C)(C)OC=O)C(=O)CCCN1c2cc3oc(=O)c(-c4cc[n+](CCCCS(=O)(=O)[O-])cc4)cc3cc2C(C)=CC1(C)C. The molecule has 1 aromatic carbocycles. The molecule has 51 heavy (non-hydrogen) atoms. The Bertz CT molecular complexity index is 1880. The van der Waals surface area contributed by atoms with E-state index in [1.807, 2.05) is 60.0 Å². The summed E-state index contributed by atoms with van der Waals surface area (Å²) in [6.07, 6.45) is 11.1. The summed E-state index contributed by atoms with van der Waals surface area (Å²) in [6, 6.07) is 9.51. The Morgan fingerprint density at radius 1 is 1.06 bits per heavy atom. The Labute approximate surface area is 302 Å². The van der Waals surface area contributed by atoms with Gasteiger partial charge in [0, 0.05) is 78.6 Å². The Kier molecular flexibility index (Phi) is 13.2. The van der Waals surface area contributed by atoms with Gasteiger partial charge in [-0.05, 0) is 90.8 Å². The van der Waals surface area contributed by atoms with E-state index < -0.39 is 21.3 Å². The van der Waals surface area contributed by atoms with Crippen LogP contribution in [0.3, 0.4) is 0 Å². The third-order valence-corrected chi connectivity index (χ3v) is 10.3. The van der Waals surface area contributed by atoms with E-state index in [0.29, 0.717) is 75.0 Å². The van der Waals surface area contributed by atoms with Crippen molar-refractivity contribution in [2.75, 3.05) is 30.3 Å². The summed E-state index contributed by atoms with van der Waals surface area (Å²) in [4.78, 5) is 41.6. The molecule has 0 radical (unpaired) electrons. The van der Waals surface area contributed by atoms with Crippen LogP contribution in [-0.2, 0) is 31.0 Å². The fourth-order valence-electron chi connectivity index (χ4n) is 6.88. The minimum atomic E-state index is -4.22. The number of carbonyl (C=O) groups excluding carboxylic acids is 2. The van der Waals surface area contributed by atoms with E-state index in [1.54, 1.807) is 0 Å². The van der Waals surface area contributed by atoms with Crippen molar-refractivity contribution in [1.82, 2.24) is 4.90 Å². The van der Waals surface area contributed by atoms with Crippen LogP contribution in [0.25, 0.3) is 27.7 Å². The Morgan fingerprint density at radius 3 is 2.43 bits per heavy atom. The Hall–Kier alpha value is -4.03. The van der Waals surface area contributed by atoms with Crippen LogP contribution in [0, 0.1) is 0 Å². The number of ether oxygens (including phenoxy) is 1. The molecule has 1 aliphatic heterocycles. The van der Waals surface area contributed by atoms with Crippen molar-refractivity contribution in [1.29, 1.82) is 0 Å². The molecule has 3 aromatic rings. The molecule has 0 N–H and O–H groups in total. The number of carbonyl (C=O) groups is 2. The molecule has 12 heteroatoms. The first-order valence-electron chi connectivity index (χ1n) is 18.0. The maximum absolute atomic E-state index is 13.3. The number of nitrogens with zero attached hydrogens (tertiary/aromatic N) is 3. The second-order valence-electron chi connectivity index (χ2n) is 14.7. The van der Waals surface area contributed by atoms with Crippen LogP contribution >= 0.6 is 0 Å². The van der Waals surface area contributed by atoms with Gasteiger partial charge in [0.05, 0.1) is 21.2 Å². The van der Waals surface area contributed by atoms with Gasteiger partial charge in [0.1, 0.15) is 17.7 Å². The number of aryl methyl sites for hydroxylation is 1. The zero-order valence-electron chi connectivity index (χ0n) is 30.9. The van der Waals surface area contributed by atoms with Gasteiger partial charge in [-0.2, -0.15) is 0 Å². The van der Waals surface area contributed by atoms with Crippen molar-refractivity contribution in [2.45, 2.75) is 111 Å². The second kappa shape index (κ2) is 17.0. The average Bonchev–Trinajstić information content (AvgIpc) is 3.04. The van der Waals surface area contributed by atoms with Gasteiger partial charge in [0.2, 0.25) is 5.91 Å². The Morgan fingerprint density at radius 2 is 1.76 bits per heavy atom. The van der Waals surface area contributed by atoms with Gasteiger partial charge in [-0.3, -0.25) is 9.59 Å². The van der Waals surface area contributed by atoms with Gasteiger partial charge in [0.15, 0.2) is 12.4 Å². The molecule has 0 saturated heterocycles. The van der Waals surface area contributed by atoms with Crippen molar-refractivity contribution >= 4 is 44.7 Å². The minimum absolute atomic E-state index is 0.139. The molecule has 0 aliphatic carbocycles. The zero-order valence-corrected chi connectivity index (χ0v) is 31.7. The maximum atomic E-state index is 13.3. The largest absolute Gasteiger partial charge is 0.748 e. The lowest BCUT2D eigenvalue weighted by molar-refractivity contribution is -0.697. The summed E-state index contributed by atoms with van der Waals surface area (Å²) in [5.41, 5.74) is 3.49. The number of pyridine rings is 1. The summed E-state index contributed by atoms with van der Waals surface area (Å²) in [6.45, 7) is 15.3. The van der Waals surface area contributed by atoms with Crippen molar-refractivity contribution in [3.8, 4) is 11.1 Å². The molecule has 0 saturated carbocycles. The molecule has 1 amide bonds. The normalized spacial score (nSPS) is 14.3. The topological polar surface area (TPSA) is 141 Å². The third kappa shape index (κ3) is 11.0. The summed E-state index contributed by atoms with van der Waals surface area (Å²) < 4.78 is 45.5. The van der Waals surface area contributed by atoms with E-state index in [4.69, 9.17) is 9.15 Å². The first-order chi connectivity index (χ1) is 24.0. The number of fused-ring (bicyclic) bond motifs is 2. The first kappa shape index (κ1) is 39.8. The molecule has 0 bridgehead atoms.